The molecule has 19 heavy (non-hydrogen) atoms. The van der Waals surface area contributed by atoms with E-state index in [-0.39, 0.29) is 0 Å². The Kier molecular flexibility index (Phi) is 5.52. The van der Waals surface area contributed by atoms with Crippen molar-refractivity contribution in [2.75, 3.05) is 13.6 Å². The smallest absolute Gasteiger partial charge is 0.0637 e. The summed E-state index contributed by atoms with van der Waals surface area (Å²) in [7, 11) is 2.16. The molecular weight excluding hydrogens is 279 g/mol. The fraction of sp³-hybridized carbons (Fsp3) is 0.600. The number of nitrogens with two attached hydrogens (primary N) is 1. The molecule has 0 aliphatic heterocycles. The molecule has 2 atom stereocenters. The van der Waals surface area contributed by atoms with Crippen molar-refractivity contribution in [1.29, 1.82) is 0 Å². The van der Waals surface area contributed by atoms with E-state index in [1.807, 2.05) is 18.2 Å². The molecule has 0 amide bonds. The average Bonchev–Trinajstić information content (AvgIpc) is 2.43. The number of halogens is 2. The van der Waals surface area contributed by atoms with Crippen molar-refractivity contribution in [3.05, 3.63) is 33.8 Å². The first-order valence-electron chi connectivity index (χ1n) is 6.96. The van der Waals surface area contributed by atoms with E-state index in [0.717, 1.165) is 18.7 Å². The van der Waals surface area contributed by atoms with Crippen LogP contribution in [0.4, 0.5) is 0 Å². The van der Waals surface area contributed by atoms with E-state index in [1.54, 1.807) is 0 Å². The van der Waals surface area contributed by atoms with Gasteiger partial charge in [0, 0.05) is 12.6 Å². The minimum atomic E-state index is 0.564. The van der Waals surface area contributed by atoms with Crippen LogP contribution in [0.5, 0.6) is 0 Å². The molecule has 4 heteroatoms. The highest BCUT2D eigenvalue weighted by Gasteiger charge is 2.27. The predicted molar refractivity (Wildman–Crippen MR) is 82.7 cm³/mol. The van der Waals surface area contributed by atoms with Gasteiger partial charge in [0.05, 0.1) is 10.0 Å². The summed E-state index contributed by atoms with van der Waals surface area (Å²) in [5.41, 5.74) is 7.00. The minimum absolute atomic E-state index is 0.564. The molecule has 0 aromatic heterocycles. The average molecular weight is 301 g/mol. The van der Waals surface area contributed by atoms with E-state index in [9.17, 15) is 0 Å². The van der Waals surface area contributed by atoms with Gasteiger partial charge in [0.15, 0.2) is 0 Å². The van der Waals surface area contributed by atoms with Gasteiger partial charge in [-0.2, -0.15) is 0 Å². The summed E-state index contributed by atoms with van der Waals surface area (Å²) in [5, 5.41) is 1.31. The van der Waals surface area contributed by atoms with E-state index in [0.29, 0.717) is 22.0 Å². The second-order valence-electron chi connectivity index (χ2n) is 5.48. The Morgan fingerprint density at radius 1 is 1.26 bits per heavy atom. The molecule has 2 rings (SSSR count). The molecule has 2 unspecified atom stereocenters. The van der Waals surface area contributed by atoms with Crippen molar-refractivity contribution in [3.8, 4) is 0 Å². The standard InChI is InChI=1S/C15H22Cl2N2/c1-19(14-8-3-2-5-11(14)9-18)10-12-6-4-7-13(16)15(12)17/h4,6-7,11,14H,2-3,5,8-10,18H2,1H3. The van der Waals surface area contributed by atoms with Gasteiger partial charge in [-0.25, -0.2) is 0 Å². The van der Waals surface area contributed by atoms with Crippen molar-refractivity contribution >= 4 is 23.2 Å². The third kappa shape index (κ3) is 3.63. The molecule has 1 aromatic carbocycles. The monoisotopic (exact) mass is 300 g/mol. The van der Waals surface area contributed by atoms with Crippen molar-refractivity contribution in [2.45, 2.75) is 38.3 Å². The maximum atomic E-state index is 6.26. The van der Waals surface area contributed by atoms with E-state index < -0.39 is 0 Å². The van der Waals surface area contributed by atoms with E-state index in [4.69, 9.17) is 28.9 Å². The van der Waals surface area contributed by atoms with Gasteiger partial charge in [-0.1, -0.05) is 48.2 Å². The molecule has 1 saturated carbocycles. The lowest BCUT2D eigenvalue weighted by molar-refractivity contribution is 0.127. The summed E-state index contributed by atoms with van der Waals surface area (Å²) in [4.78, 5) is 2.38. The third-order valence-corrected chi connectivity index (χ3v) is 5.05. The molecule has 0 saturated heterocycles. The highest BCUT2D eigenvalue weighted by atomic mass is 35.5. The van der Waals surface area contributed by atoms with Crippen LogP contribution in [0.2, 0.25) is 10.0 Å². The van der Waals surface area contributed by atoms with Gasteiger partial charge in [-0.05, 0) is 44.0 Å². The summed E-state index contributed by atoms with van der Waals surface area (Å²) >= 11 is 12.3. The Morgan fingerprint density at radius 3 is 2.74 bits per heavy atom. The highest BCUT2D eigenvalue weighted by Crippen LogP contribution is 2.30. The lowest BCUT2D eigenvalue weighted by Crippen LogP contribution is -2.42. The van der Waals surface area contributed by atoms with E-state index in [1.165, 1.54) is 25.7 Å². The number of benzene rings is 1. The fourth-order valence-electron chi connectivity index (χ4n) is 3.10. The first kappa shape index (κ1) is 15.1. The van der Waals surface area contributed by atoms with Crippen LogP contribution in [0, 0.1) is 5.92 Å². The zero-order chi connectivity index (χ0) is 13.8. The fourth-order valence-corrected chi connectivity index (χ4v) is 3.48. The Balaban J connectivity index is 2.07. The molecule has 0 radical (unpaired) electrons. The van der Waals surface area contributed by atoms with Crippen LogP contribution in [0.3, 0.4) is 0 Å². The largest absolute Gasteiger partial charge is 0.330 e. The van der Waals surface area contributed by atoms with E-state index >= 15 is 0 Å². The van der Waals surface area contributed by atoms with Crippen LogP contribution in [0.25, 0.3) is 0 Å². The number of nitrogens with zero attached hydrogens (tertiary/aromatic N) is 1. The van der Waals surface area contributed by atoms with Gasteiger partial charge in [0.25, 0.3) is 0 Å². The van der Waals surface area contributed by atoms with Gasteiger partial charge in [0.1, 0.15) is 0 Å². The highest BCUT2D eigenvalue weighted by molar-refractivity contribution is 6.42. The lowest BCUT2D eigenvalue weighted by Gasteiger charge is -2.37. The minimum Gasteiger partial charge on any atom is -0.330 e. The molecule has 106 valence electrons. The zero-order valence-electron chi connectivity index (χ0n) is 11.4. The number of rotatable bonds is 4. The maximum Gasteiger partial charge on any atom is 0.0637 e. The zero-order valence-corrected chi connectivity index (χ0v) is 12.9. The first-order chi connectivity index (χ1) is 9.13. The molecule has 0 heterocycles. The summed E-state index contributed by atoms with van der Waals surface area (Å²) in [5.74, 6) is 0.608. The van der Waals surface area contributed by atoms with Gasteiger partial charge < -0.3 is 5.73 Å². The quantitative estimate of drug-likeness (QED) is 0.912. The van der Waals surface area contributed by atoms with Crippen LogP contribution in [0.15, 0.2) is 18.2 Å². The molecule has 0 bridgehead atoms. The number of hydrogen-bond acceptors (Lipinski definition) is 2. The summed E-state index contributed by atoms with van der Waals surface area (Å²) in [6.45, 7) is 1.61. The predicted octanol–water partition coefficient (Wildman–Crippen LogP) is 3.94. The van der Waals surface area contributed by atoms with Gasteiger partial charge >= 0.3 is 0 Å². The van der Waals surface area contributed by atoms with Gasteiger partial charge in [-0.3, -0.25) is 4.90 Å². The normalized spacial score (nSPS) is 23.8. The topological polar surface area (TPSA) is 29.3 Å². The second kappa shape index (κ2) is 6.94. The lowest BCUT2D eigenvalue weighted by atomic mass is 9.83. The van der Waals surface area contributed by atoms with Crippen molar-refractivity contribution in [1.82, 2.24) is 4.90 Å². The first-order valence-corrected chi connectivity index (χ1v) is 7.72. The van der Waals surface area contributed by atoms with Crippen LogP contribution in [-0.2, 0) is 6.54 Å². The molecule has 2 nitrogen and oxygen atoms in total. The van der Waals surface area contributed by atoms with Gasteiger partial charge in [-0.15, -0.1) is 0 Å². The van der Waals surface area contributed by atoms with Crippen molar-refractivity contribution < 1.29 is 0 Å². The van der Waals surface area contributed by atoms with Crippen molar-refractivity contribution in [2.24, 2.45) is 11.7 Å². The van der Waals surface area contributed by atoms with Crippen LogP contribution in [-0.4, -0.2) is 24.5 Å². The molecule has 1 aliphatic rings. The Labute approximate surface area is 125 Å². The van der Waals surface area contributed by atoms with Crippen LogP contribution >= 0.6 is 23.2 Å². The molecule has 1 aliphatic carbocycles. The molecule has 1 aromatic rings. The van der Waals surface area contributed by atoms with Gasteiger partial charge in [0.2, 0.25) is 0 Å². The van der Waals surface area contributed by atoms with E-state index in [2.05, 4.69) is 11.9 Å². The molecule has 1 fully saturated rings. The summed E-state index contributed by atoms with van der Waals surface area (Å²) in [6.07, 6.45) is 5.09. The number of hydrogen-bond donors (Lipinski definition) is 1. The molecule has 0 spiro atoms. The molecule has 2 N–H and O–H groups in total. The Bertz CT molecular complexity index is 423. The molecular formula is C15H22Cl2N2. The van der Waals surface area contributed by atoms with Crippen LogP contribution < -0.4 is 5.73 Å². The third-order valence-electron chi connectivity index (χ3n) is 4.19. The summed E-state index contributed by atoms with van der Waals surface area (Å²) < 4.78 is 0. The Morgan fingerprint density at radius 2 is 2.00 bits per heavy atom. The summed E-state index contributed by atoms with van der Waals surface area (Å²) in [6, 6.07) is 6.40. The SMILES string of the molecule is CN(Cc1cccc(Cl)c1Cl)C1CCCCC1CN. The van der Waals surface area contributed by atoms with Crippen LogP contribution in [0.1, 0.15) is 31.2 Å². The maximum absolute atomic E-state index is 6.26. The second-order valence-corrected chi connectivity index (χ2v) is 6.26. The van der Waals surface area contributed by atoms with Crippen molar-refractivity contribution in [3.63, 3.8) is 0 Å². The Hall–Kier alpha value is -0.280.